The van der Waals surface area contributed by atoms with Gasteiger partial charge in [-0.1, -0.05) is 19.9 Å². The third-order valence-electron chi connectivity index (χ3n) is 5.93. The van der Waals surface area contributed by atoms with Crippen LogP contribution in [-0.4, -0.2) is 62.3 Å². The van der Waals surface area contributed by atoms with E-state index in [9.17, 15) is 0 Å². The van der Waals surface area contributed by atoms with Gasteiger partial charge in [-0.05, 0) is 19.3 Å². The number of hydrogen-bond donors (Lipinski definition) is 2. The van der Waals surface area contributed by atoms with Crippen LogP contribution in [0.15, 0.2) is 17.6 Å². The zero-order valence-electron chi connectivity index (χ0n) is 14.8. The molecule has 0 spiro atoms. The summed E-state index contributed by atoms with van der Waals surface area (Å²) in [5.41, 5.74) is 0.187. The van der Waals surface area contributed by atoms with Crippen LogP contribution < -0.4 is 10.6 Å². The number of hydrogen-bond acceptors (Lipinski definition) is 3. The van der Waals surface area contributed by atoms with Crippen molar-refractivity contribution in [1.29, 1.82) is 0 Å². The van der Waals surface area contributed by atoms with Crippen molar-refractivity contribution in [3.8, 4) is 0 Å². The van der Waals surface area contributed by atoms with E-state index in [0.29, 0.717) is 24.1 Å². The van der Waals surface area contributed by atoms with Crippen LogP contribution in [0, 0.1) is 11.3 Å². The van der Waals surface area contributed by atoms with Gasteiger partial charge in [-0.15, -0.1) is 6.58 Å². The van der Waals surface area contributed by atoms with Crippen LogP contribution in [-0.2, 0) is 4.74 Å². The third-order valence-corrected chi connectivity index (χ3v) is 5.93. The Kier molecular flexibility index (Phi) is 4.97. The van der Waals surface area contributed by atoms with Crippen molar-refractivity contribution < 1.29 is 4.74 Å². The van der Waals surface area contributed by atoms with Crippen molar-refractivity contribution in [3.63, 3.8) is 0 Å². The topological polar surface area (TPSA) is 48.9 Å². The molecule has 2 heterocycles. The highest BCUT2D eigenvalue weighted by molar-refractivity contribution is 5.80. The molecule has 1 saturated carbocycles. The van der Waals surface area contributed by atoms with Gasteiger partial charge < -0.3 is 15.4 Å². The Morgan fingerprint density at radius 1 is 1.30 bits per heavy atom. The van der Waals surface area contributed by atoms with E-state index in [1.165, 1.54) is 6.42 Å². The molecule has 2 saturated heterocycles. The highest BCUT2D eigenvalue weighted by Gasteiger charge is 2.59. The van der Waals surface area contributed by atoms with Crippen LogP contribution in [0.1, 0.15) is 33.1 Å². The molecule has 23 heavy (non-hydrogen) atoms. The van der Waals surface area contributed by atoms with Crippen molar-refractivity contribution in [2.45, 2.75) is 51.3 Å². The van der Waals surface area contributed by atoms with Gasteiger partial charge in [0.15, 0.2) is 5.96 Å². The Balaban J connectivity index is 1.50. The molecule has 2 aliphatic heterocycles. The van der Waals surface area contributed by atoms with Crippen LogP contribution in [0.2, 0.25) is 0 Å². The molecule has 0 aromatic carbocycles. The van der Waals surface area contributed by atoms with Gasteiger partial charge in [-0.2, -0.15) is 0 Å². The van der Waals surface area contributed by atoms with Crippen molar-refractivity contribution in [3.05, 3.63) is 12.7 Å². The summed E-state index contributed by atoms with van der Waals surface area (Å²) in [6.07, 6.45) is 5.91. The lowest BCUT2D eigenvalue weighted by Crippen LogP contribution is -2.68. The van der Waals surface area contributed by atoms with Crippen LogP contribution in [0.25, 0.3) is 0 Å². The predicted octanol–water partition coefficient (Wildman–Crippen LogP) is 1.62. The fourth-order valence-corrected chi connectivity index (χ4v) is 4.57. The Morgan fingerprint density at radius 2 is 2.04 bits per heavy atom. The smallest absolute Gasteiger partial charge is 0.191 e. The molecule has 3 fully saturated rings. The number of guanidine groups is 1. The monoisotopic (exact) mass is 320 g/mol. The van der Waals surface area contributed by atoms with E-state index in [4.69, 9.17) is 4.74 Å². The van der Waals surface area contributed by atoms with E-state index in [-0.39, 0.29) is 5.41 Å². The quantitative estimate of drug-likeness (QED) is 0.469. The summed E-state index contributed by atoms with van der Waals surface area (Å²) in [4.78, 5) is 6.92. The Morgan fingerprint density at radius 3 is 2.70 bits per heavy atom. The molecule has 3 aliphatic rings. The molecule has 0 aromatic rings. The molecule has 3 atom stereocenters. The number of piperidine rings is 1. The van der Waals surface area contributed by atoms with Crippen LogP contribution >= 0.6 is 0 Å². The molecule has 130 valence electrons. The summed E-state index contributed by atoms with van der Waals surface area (Å²) in [5, 5.41) is 7.31. The lowest BCUT2D eigenvalue weighted by Gasteiger charge is -2.55. The number of nitrogens with one attached hydrogen (secondary N) is 2. The number of ether oxygens (including phenoxy) is 1. The van der Waals surface area contributed by atoms with Gasteiger partial charge in [0.2, 0.25) is 0 Å². The van der Waals surface area contributed by atoms with Gasteiger partial charge in [-0.3, -0.25) is 9.89 Å². The minimum absolute atomic E-state index is 0.187. The van der Waals surface area contributed by atoms with Crippen LogP contribution in [0.5, 0.6) is 0 Å². The molecule has 2 N–H and O–H groups in total. The number of rotatable bonds is 4. The summed E-state index contributed by atoms with van der Waals surface area (Å²) in [7, 11) is 1.87. The molecule has 1 aliphatic carbocycles. The lowest BCUT2D eigenvalue weighted by molar-refractivity contribution is -0.106. The van der Waals surface area contributed by atoms with Gasteiger partial charge >= 0.3 is 0 Å². The first-order chi connectivity index (χ1) is 11.1. The Labute approximate surface area is 140 Å². The summed E-state index contributed by atoms with van der Waals surface area (Å²) in [6, 6.07) is 0.975. The second-order valence-corrected chi connectivity index (χ2v) is 7.77. The first-order valence-corrected chi connectivity index (χ1v) is 9.01. The summed E-state index contributed by atoms with van der Waals surface area (Å²) in [5.74, 6) is 1.59. The van der Waals surface area contributed by atoms with Gasteiger partial charge in [0.05, 0.1) is 6.10 Å². The van der Waals surface area contributed by atoms with E-state index in [0.717, 1.165) is 45.0 Å². The number of nitrogens with zero attached hydrogens (tertiary/aromatic N) is 2. The van der Waals surface area contributed by atoms with Gasteiger partial charge in [-0.25, -0.2) is 0 Å². The maximum Gasteiger partial charge on any atom is 0.191 e. The fraction of sp³-hybridized carbons (Fsp3) is 0.833. The first-order valence-electron chi connectivity index (χ1n) is 9.01. The molecule has 5 nitrogen and oxygen atoms in total. The standard InChI is InChI=1S/C18H32N4O/c1-5-9-22-10-6-13(7-11-22)20-17(19-4)21-15-14-8-12-23-16(14)18(15,2)3/h5,13-16H,1,6-12H2,2-4H3,(H2,19,20,21). The fourth-order valence-electron chi connectivity index (χ4n) is 4.57. The Hall–Kier alpha value is -1.07. The normalized spacial score (nSPS) is 34.6. The molecule has 0 aromatic heterocycles. The predicted molar refractivity (Wildman–Crippen MR) is 94.7 cm³/mol. The second kappa shape index (κ2) is 6.81. The van der Waals surface area contributed by atoms with Gasteiger partial charge in [0.25, 0.3) is 0 Å². The minimum atomic E-state index is 0.187. The van der Waals surface area contributed by atoms with E-state index >= 15 is 0 Å². The largest absolute Gasteiger partial charge is 0.377 e. The summed E-state index contributed by atoms with van der Waals surface area (Å²) < 4.78 is 5.88. The number of aliphatic imine (C=N–C) groups is 1. The molecule has 3 unspecified atom stereocenters. The maximum absolute atomic E-state index is 5.88. The average Bonchev–Trinajstić information content (AvgIpc) is 3.00. The highest BCUT2D eigenvalue weighted by atomic mass is 16.5. The van der Waals surface area contributed by atoms with Crippen molar-refractivity contribution >= 4 is 5.96 Å². The molecule has 0 amide bonds. The van der Waals surface area contributed by atoms with Crippen LogP contribution in [0.4, 0.5) is 0 Å². The van der Waals surface area contributed by atoms with Crippen LogP contribution in [0.3, 0.4) is 0 Å². The molecule has 0 bridgehead atoms. The van der Waals surface area contributed by atoms with E-state index < -0.39 is 0 Å². The molecular weight excluding hydrogens is 288 g/mol. The number of fused-ring (bicyclic) bond motifs is 1. The van der Waals surface area contributed by atoms with Gasteiger partial charge in [0, 0.05) is 56.7 Å². The minimum Gasteiger partial charge on any atom is -0.377 e. The highest BCUT2D eigenvalue weighted by Crippen LogP contribution is 2.52. The number of likely N-dealkylation sites (tertiary alicyclic amines) is 1. The SMILES string of the molecule is C=CCN1CCC(NC(=NC)NC2C3CCOC3C2(C)C)CC1. The van der Waals surface area contributed by atoms with Crippen molar-refractivity contribution in [2.24, 2.45) is 16.3 Å². The second-order valence-electron chi connectivity index (χ2n) is 7.77. The lowest BCUT2D eigenvalue weighted by atomic mass is 9.57. The van der Waals surface area contributed by atoms with E-state index in [1.54, 1.807) is 0 Å². The average molecular weight is 320 g/mol. The third kappa shape index (κ3) is 3.26. The van der Waals surface area contributed by atoms with Crippen molar-refractivity contribution in [1.82, 2.24) is 15.5 Å². The molecule has 5 heteroatoms. The van der Waals surface area contributed by atoms with Crippen molar-refractivity contribution in [2.75, 3.05) is 33.3 Å². The molecular formula is C18H32N4O. The molecule has 0 radical (unpaired) electrons. The van der Waals surface area contributed by atoms with Gasteiger partial charge in [0.1, 0.15) is 0 Å². The first kappa shape index (κ1) is 16.8. The summed E-state index contributed by atoms with van der Waals surface area (Å²) >= 11 is 0. The zero-order valence-corrected chi connectivity index (χ0v) is 14.8. The van der Waals surface area contributed by atoms with E-state index in [2.05, 4.69) is 41.0 Å². The van der Waals surface area contributed by atoms with E-state index in [1.807, 2.05) is 13.1 Å². The maximum atomic E-state index is 5.88. The Bertz CT molecular complexity index is 454. The zero-order chi connectivity index (χ0) is 16.4. The molecule has 3 rings (SSSR count). The summed E-state index contributed by atoms with van der Waals surface area (Å²) in [6.45, 7) is 12.6.